The van der Waals surface area contributed by atoms with Gasteiger partial charge in [-0.1, -0.05) is 30.3 Å². The molecule has 1 unspecified atom stereocenters. The second-order valence-corrected chi connectivity index (χ2v) is 8.08. The van der Waals surface area contributed by atoms with Crippen molar-refractivity contribution >= 4 is 10.9 Å². The van der Waals surface area contributed by atoms with Crippen LogP contribution in [0.15, 0.2) is 59.0 Å². The van der Waals surface area contributed by atoms with Gasteiger partial charge in [-0.05, 0) is 36.8 Å². The number of benzene rings is 2. The van der Waals surface area contributed by atoms with Crippen LogP contribution in [0.5, 0.6) is 5.75 Å². The molecule has 8 nitrogen and oxygen atoms in total. The van der Waals surface area contributed by atoms with Crippen molar-refractivity contribution in [1.29, 1.82) is 0 Å². The Morgan fingerprint density at radius 1 is 1.08 bits per heavy atom. The van der Waals surface area contributed by atoms with Crippen molar-refractivity contribution in [2.24, 2.45) is 5.73 Å². The maximum Gasteiger partial charge on any atom is 0.433 e. The first-order valence-electron chi connectivity index (χ1n) is 11.1. The van der Waals surface area contributed by atoms with Crippen LogP contribution in [0.3, 0.4) is 0 Å². The van der Waals surface area contributed by atoms with Crippen molar-refractivity contribution in [3.8, 4) is 17.2 Å². The lowest BCUT2D eigenvalue weighted by atomic mass is 10.1. The number of oxazole rings is 1. The second-order valence-electron chi connectivity index (χ2n) is 8.08. The Kier molecular flexibility index (Phi) is 7.55. The summed E-state index contributed by atoms with van der Waals surface area (Å²) in [6, 6.07) is 13.6. The predicted octanol–water partition coefficient (Wildman–Crippen LogP) is 4.69. The Bertz CT molecular complexity index is 1330. The number of nitrogens with zero attached hydrogens (tertiary/aromatic N) is 2. The highest BCUT2D eigenvalue weighted by molar-refractivity contribution is 5.96. The molecule has 0 amide bonds. The van der Waals surface area contributed by atoms with E-state index in [4.69, 9.17) is 19.7 Å². The topological polar surface area (TPSA) is 116 Å². The maximum atomic E-state index is 13.2. The Hall–Kier alpha value is -3.51. The zero-order valence-electron chi connectivity index (χ0n) is 19.5. The number of aliphatic hydroxyl groups is 1. The third kappa shape index (κ3) is 5.34. The first-order chi connectivity index (χ1) is 17.2. The first-order valence-corrected chi connectivity index (χ1v) is 11.1. The summed E-state index contributed by atoms with van der Waals surface area (Å²) in [4.78, 5) is 13.9. The van der Waals surface area contributed by atoms with Gasteiger partial charge in [-0.3, -0.25) is 4.84 Å². The van der Waals surface area contributed by atoms with Crippen LogP contribution in [0.1, 0.15) is 41.7 Å². The van der Waals surface area contributed by atoms with Gasteiger partial charge in [0, 0.05) is 10.9 Å². The molecule has 0 fully saturated rings. The van der Waals surface area contributed by atoms with Crippen molar-refractivity contribution in [3.63, 3.8) is 0 Å². The Morgan fingerprint density at radius 2 is 1.83 bits per heavy atom. The van der Waals surface area contributed by atoms with E-state index in [9.17, 15) is 18.3 Å². The summed E-state index contributed by atoms with van der Waals surface area (Å²) < 4.78 is 50.9. The van der Waals surface area contributed by atoms with E-state index in [1.54, 1.807) is 13.0 Å². The highest BCUT2D eigenvalue weighted by Crippen LogP contribution is 2.37. The number of pyridine rings is 1. The van der Waals surface area contributed by atoms with E-state index in [0.29, 0.717) is 22.4 Å². The van der Waals surface area contributed by atoms with Crippen LogP contribution in [-0.4, -0.2) is 28.8 Å². The van der Waals surface area contributed by atoms with Gasteiger partial charge in [-0.15, -0.1) is 0 Å². The fourth-order valence-corrected chi connectivity index (χ4v) is 3.75. The summed E-state index contributed by atoms with van der Waals surface area (Å²) in [5, 5.41) is 10.1. The van der Waals surface area contributed by atoms with Gasteiger partial charge in [0.05, 0.1) is 25.8 Å². The zero-order valence-corrected chi connectivity index (χ0v) is 19.5. The molecule has 2 atom stereocenters. The molecule has 190 valence electrons. The van der Waals surface area contributed by atoms with Crippen molar-refractivity contribution in [2.45, 2.75) is 31.8 Å². The number of nitrogens with two attached hydrogens (primary N) is 1. The molecule has 0 aliphatic rings. The van der Waals surface area contributed by atoms with E-state index in [1.165, 1.54) is 19.2 Å². The van der Waals surface area contributed by atoms with Crippen LogP contribution in [-0.2, 0) is 17.6 Å². The van der Waals surface area contributed by atoms with Gasteiger partial charge in [-0.25, -0.2) is 9.97 Å². The Labute approximate surface area is 204 Å². The lowest BCUT2D eigenvalue weighted by Crippen LogP contribution is -2.25. The number of aromatic nitrogens is 2. The van der Waals surface area contributed by atoms with Gasteiger partial charge >= 0.3 is 6.18 Å². The minimum absolute atomic E-state index is 0.0264. The fraction of sp³-hybridized carbons (Fsp3) is 0.280. The molecule has 0 radical (unpaired) electrons. The lowest BCUT2D eigenvalue weighted by molar-refractivity contribution is -0.140. The van der Waals surface area contributed by atoms with Crippen LogP contribution < -0.4 is 16.0 Å². The third-order valence-corrected chi connectivity index (χ3v) is 5.52. The molecule has 0 aliphatic carbocycles. The minimum Gasteiger partial charge on any atom is -0.494 e. The number of ether oxygens (including phenoxy) is 1. The molecule has 4 rings (SSSR count). The van der Waals surface area contributed by atoms with Gasteiger partial charge in [0.2, 0.25) is 5.89 Å². The molecule has 0 spiro atoms. The molecule has 0 saturated heterocycles. The van der Waals surface area contributed by atoms with Crippen LogP contribution in [0.25, 0.3) is 22.4 Å². The molecule has 4 N–H and O–H groups in total. The molecule has 0 aliphatic heterocycles. The summed E-state index contributed by atoms with van der Waals surface area (Å²) in [7, 11) is 1.35. The minimum atomic E-state index is -4.61. The van der Waals surface area contributed by atoms with Crippen LogP contribution in [0.4, 0.5) is 13.2 Å². The number of hydrogen-bond donors (Lipinski definition) is 3. The van der Waals surface area contributed by atoms with Gasteiger partial charge in [-0.2, -0.15) is 18.7 Å². The van der Waals surface area contributed by atoms with Crippen LogP contribution in [0.2, 0.25) is 0 Å². The summed E-state index contributed by atoms with van der Waals surface area (Å²) in [5.74, 6) is 0.690. The SMILES string of the molecule is COc1ccc(-c2nc(CON[C@H](CO)c3ccccc3)c(C(C)N)o2)c2ccc(C(F)(F)F)nc12. The summed E-state index contributed by atoms with van der Waals surface area (Å²) in [6.07, 6.45) is -4.61. The van der Waals surface area contributed by atoms with Gasteiger partial charge in [0.15, 0.2) is 0 Å². The Balaban J connectivity index is 1.65. The first kappa shape index (κ1) is 25.6. The highest BCUT2D eigenvalue weighted by atomic mass is 19.4. The molecule has 36 heavy (non-hydrogen) atoms. The number of hydroxylamine groups is 1. The second kappa shape index (κ2) is 10.6. The standard InChI is InChI=1S/C25H25F3N4O4/c1-14(29)23-19(13-35-32-18(12-33)15-6-4-3-5-7-15)30-24(36-23)17-8-10-20(34-2)22-16(17)9-11-21(31-22)25(26,27)28/h3-11,14,18,32-33H,12-13,29H2,1-2H3/t14?,18-/m1/s1. The van der Waals surface area contributed by atoms with Crippen molar-refractivity contribution in [3.05, 3.63) is 77.3 Å². The third-order valence-electron chi connectivity index (χ3n) is 5.52. The normalized spacial score (nSPS) is 13.6. The van der Waals surface area contributed by atoms with Gasteiger partial charge in [0.1, 0.15) is 35.0 Å². The molecule has 2 heterocycles. The molecule has 2 aromatic heterocycles. The summed E-state index contributed by atoms with van der Waals surface area (Å²) in [5.41, 5.74) is 9.54. The van der Waals surface area contributed by atoms with E-state index < -0.39 is 24.0 Å². The number of aliphatic hydroxyl groups excluding tert-OH is 1. The van der Waals surface area contributed by atoms with E-state index in [1.807, 2.05) is 30.3 Å². The summed E-state index contributed by atoms with van der Waals surface area (Å²) >= 11 is 0. The van der Waals surface area contributed by atoms with Crippen molar-refractivity contribution in [1.82, 2.24) is 15.4 Å². The highest BCUT2D eigenvalue weighted by Gasteiger charge is 2.33. The molecule has 2 aromatic carbocycles. The fourth-order valence-electron chi connectivity index (χ4n) is 3.75. The number of halogens is 3. The van der Waals surface area contributed by atoms with Gasteiger partial charge < -0.3 is 20.0 Å². The number of fused-ring (bicyclic) bond motifs is 1. The quantitative estimate of drug-likeness (QED) is 0.282. The average Bonchev–Trinajstić information content (AvgIpc) is 3.30. The predicted molar refractivity (Wildman–Crippen MR) is 126 cm³/mol. The van der Waals surface area contributed by atoms with E-state index in [-0.39, 0.29) is 30.4 Å². The largest absolute Gasteiger partial charge is 0.494 e. The molecular formula is C25H25F3N4O4. The van der Waals surface area contributed by atoms with Crippen LogP contribution >= 0.6 is 0 Å². The number of rotatable bonds is 9. The van der Waals surface area contributed by atoms with E-state index >= 15 is 0 Å². The maximum absolute atomic E-state index is 13.2. The molecule has 0 saturated carbocycles. The zero-order chi connectivity index (χ0) is 25.9. The Morgan fingerprint density at radius 3 is 2.47 bits per heavy atom. The number of nitrogens with one attached hydrogen (secondary N) is 1. The summed E-state index contributed by atoms with van der Waals surface area (Å²) in [6.45, 7) is 1.48. The average molecular weight is 502 g/mol. The number of alkyl halides is 3. The van der Waals surface area contributed by atoms with Crippen molar-refractivity contribution in [2.75, 3.05) is 13.7 Å². The molecule has 0 bridgehead atoms. The van der Waals surface area contributed by atoms with Crippen LogP contribution in [0, 0.1) is 0 Å². The smallest absolute Gasteiger partial charge is 0.433 e. The lowest BCUT2D eigenvalue weighted by Gasteiger charge is -2.16. The molecular weight excluding hydrogens is 477 g/mol. The van der Waals surface area contributed by atoms with Crippen molar-refractivity contribution < 1.29 is 32.3 Å². The molecule has 11 heteroatoms. The van der Waals surface area contributed by atoms with E-state index in [2.05, 4.69) is 15.4 Å². The molecule has 4 aromatic rings. The number of methoxy groups -OCH3 is 1. The van der Waals surface area contributed by atoms with E-state index in [0.717, 1.165) is 11.6 Å². The number of hydrogen-bond acceptors (Lipinski definition) is 8. The van der Waals surface area contributed by atoms with Gasteiger partial charge in [0.25, 0.3) is 0 Å². The monoisotopic (exact) mass is 502 g/mol.